The average molecular weight is 418 g/mol. The van der Waals surface area contributed by atoms with Crippen molar-refractivity contribution in [3.05, 3.63) is 83.9 Å². The summed E-state index contributed by atoms with van der Waals surface area (Å²) in [6.45, 7) is 1.88. The Bertz CT molecular complexity index is 1000. The fourth-order valence-corrected chi connectivity index (χ4v) is 4.08. The lowest BCUT2D eigenvalue weighted by Crippen LogP contribution is -2.45. The molecule has 31 heavy (non-hydrogen) atoms. The quantitative estimate of drug-likeness (QED) is 0.640. The van der Waals surface area contributed by atoms with Gasteiger partial charge in [0.2, 0.25) is 0 Å². The molecule has 160 valence electrons. The molecule has 4 rings (SSSR count). The van der Waals surface area contributed by atoms with Crippen LogP contribution in [0.1, 0.15) is 52.0 Å². The molecule has 0 radical (unpaired) electrons. The zero-order valence-electron chi connectivity index (χ0n) is 17.5. The van der Waals surface area contributed by atoms with E-state index in [-0.39, 0.29) is 17.9 Å². The van der Waals surface area contributed by atoms with Gasteiger partial charge in [-0.2, -0.15) is 5.10 Å². The van der Waals surface area contributed by atoms with Crippen molar-refractivity contribution >= 4 is 11.8 Å². The number of hydrogen-bond acceptors (Lipinski definition) is 4. The Labute approximate surface area is 182 Å². The summed E-state index contributed by atoms with van der Waals surface area (Å²) >= 11 is 0. The highest BCUT2D eigenvalue weighted by Gasteiger charge is 2.27. The van der Waals surface area contributed by atoms with E-state index in [1.54, 1.807) is 23.1 Å². The molecule has 0 bridgehead atoms. The summed E-state index contributed by atoms with van der Waals surface area (Å²) in [5, 5.41) is 7.12. The lowest BCUT2D eigenvalue weighted by molar-refractivity contribution is 0.0601. The van der Waals surface area contributed by atoms with Crippen molar-refractivity contribution in [1.82, 2.24) is 25.0 Å². The van der Waals surface area contributed by atoms with Crippen molar-refractivity contribution in [2.45, 2.75) is 38.3 Å². The van der Waals surface area contributed by atoms with Crippen molar-refractivity contribution in [1.29, 1.82) is 0 Å². The number of nitrogens with one attached hydrogen (secondary N) is 1. The highest BCUT2D eigenvalue weighted by molar-refractivity contribution is 5.95. The van der Waals surface area contributed by atoms with Gasteiger partial charge in [0.15, 0.2) is 0 Å². The number of likely N-dealkylation sites (tertiary alicyclic amines) is 1. The number of piperidine rings is 1. The maximum Gasteiger partial charge on any atom is 0.254 e. The number of amides is 2. The van der Waals surface area contributed by atoms with Crippen LogP contribution >= 0.6 is 0 Å². The van der Waals surface area contributed by atoms with E-state index in [1.807, 2.05) is 47.4 Å². The summed E-state index contributed by atoms with van der Waals surface area (Å²) in [5.41, 5.74) is 2.36. The van der Waals surface area contributed by atoms with E-state index >= 15 is 0 Å². The van der Waals surface area contributed by atoms with E-state index in [1.165, 1.54) is 6.33 Å². The predicted molar refractivity (Wildman–Crippen MR) is 118 cm³/mol. The van der Waals surface area contributed by atoms with Gasteiger partial charge in [0, 0.05) is 30.3 Å². The molecule has 1 N–H and O–H groups in total. The van der Waals surface area contributed by atoms with Crippen molar-refractivity contribution < 1.29 is 9.59 Å². The monoisotopic (exact) mass is 417 g/mol. The van der Waals surface area contributed by atoms with E-state index in [2.05, 4.69) is 15.4 Å². The molecule has 3 aromatic rings. The predicted octanol–water partition coefficient (Wildman–Crippen LogP) is 3.14. The Morgan fingerprint density at radius 2 is 1.87 bits per heavy atom. The SMILES string of the molecule is O=C(NCC[C@H]1CCCCN1C(=O)c1cccc(Cn2cncn2)c1)c1ccccc1. The molecule has 1 saturated heterocycles. The minimum atomic E-state index is -0.0740. The largest absolute Gasteiger partial charge is 0.352 e. The first-order chi connectivity index (χ1) is 15.2. The Hall–Kier alpha value is -3.48. The zero-order valence-corrected chi connectivity index (χ0v) is 17.5. The maximum absolute atomic E-state index is 13.3. The molecule has 2 aromatic carbocycles. The van der Waals surface area contributed by atoms with E-state index in [0.29, 0.717) is 24.2 Å². The van der Waals surface area contributed by atoms with Crippen LogP contribution in [0.4, 0.5) is 0 Å². The van der Waals surface area contributed by atoms with Gasteiger partial charge in [-0.1, -0.05) is 30.3 Å². The van der Waals surface area contributed by atoms with Crippen LogP contribution < -0.4 is 5.32 Å². The molecule has 1 fully saturated rings. The molecular formula is C24H27N5O2. The van der Waals surface area contributed by atoms with Crippen LogP contribution in [-0.2, 0) is 6.54 Å². The second kappa shape index (κ2) is 10.0. The molecule has 2 heterocycles. The topological polar surface area (TPSA) is 80.1 Å². The number of nitrogens with zero attached hydrogens (tertiary/aromatic N) is 4. The smallest absolute Gasteiger partial charge is 0.254 e. The standard InChI is InChI=1S/C24H27N5O2/c30-23(20-8-2-1-3-9-20)26-13-12-22-11-4-5-14-29(22)24(31)21-10-6-7-19(15-21)16-28-18-25-17-27-28/h1-3,6-10,15,17-18,22H,4-5,11-14,16H2,(H,26,30)/t22-/m1/s1. The fourth-order valence-electron chi connectivity index (χ4n) is 4.08. The Morgan fingerprint density at radius 1 is 1.03 bits per heavy atom. The fraction of sp³-hybridized carbons (Fsp3) is 0.333. The molecule has 1 aliphatic heterocycles. The van der Waals surface area contributed by atoms with Crippen molar-refractivity contribution in [2.75, 3.05) is 13.1 Å². The van der Waals surface area contributed by atoms with Crippen LogP contribution in [0.3, 0.4) is 0 Å². The van der Waals surface area contributed by atoms with Gasteiger partial charge in [-0.3, -0.25) is 9.59 Å². The maximum atomic E-state index is 13.3. The first-order valence-electron chi connectivity index (χ1n) is 10.8. The second-order valence-corrected chi connectivity index (χ2v) is 7.85. The number of rotatable bonds is 7. The molecule has 2 amide bonds. The van der Waals surface area contributed by atoms with E-state index in [9.17, 15) is 9.59 Å². The molecule has 1 aromatic heterocycles. The number of carbonyl (C=O) groups is 2. The molecule has 7 heteroatoms. The number of hydrogen-bond donors (Lipinski definition) is 1. The van der Waals surface area contributed by atoms with Crippen LogP contribution in [0.5, 0.6) is 0 Å². The first kappa shape index (κ1) is 20.8. The summed E-state index contributed by atoms with van der Waals surface area (Å²) in [5.74, 6) is -0.0189. The van der Waals surface area contributed by atoms with Gasteiger partial charge in [0.25, 0.3) is 11.8 Å². The van der Waals surface area contributed by atoms with Crippen molar-refractivity contribution in [3.8, 4) is 0 Å². The van der Waals surface area contributed by atoms with Gasteiger partial charge in [-0.05, 0) is 55.5 Å². The molecule has 0 spiro atoms. The summed E-state index contributed by atoms with van der Waals surface area (Å²) in [4.78, 5) is 31.5. The molecule has 0 aliphatic carbocycles. The van der Waals surface area contributed by atoms with Gasteiger partial charge >= 0.3 is 0 Å². The molecule has 0 unspecified atom stereocenters. The van der Waals surface area contributed by atoms with Gasteiger partial charge in [0.1, 0.15) is 12.7 Å². The normalized spacial score (nSPS) is 16.1. The van der Waals surface area contributed by atoms with E-state index in [0.717, 1.165) is 37.8 Å². The van der Waals surface area contributed by atoms with Crippen LogP contribution in [0.15, 0.2) is 67.3 Å². The van der Waals surface area contributed by atoms with Gasteiger partial charge in [0.05, 0.1) is 6.54 Å². The second-order valence-electron chi connectivity index (χ2n) is 7.85. The third-order valence-electron chi connectivity index (χ3n) is 5.67. The van der Waals surface area contributed by atoms with Gasteiger partial charge in [-0.15, -0.1) is 0 Å². The number of aromatic nitrogens is 3. The van der Waals surface area contributed by atoms with E-state index < -0.39 is 0 Å². The molecule has 7 nitrogen and oxygen atoms in total. The van der Waals surface area contributed by atoms with Crippen LogP contribution in [0.2, 0.25) is 0 Å². The summed E-state index contributed by atoms with van der Waals surface area (Å²) in [6.07, 6.45) is 7.00. The molecule has 1 atom stereocenters. The lowest BCUT2D eigenvalue weighted by Gasteiger charge is -2.36. The van der Waals surface area contributed by atoms with Gasteiger partial charge in [-0.25, -0.2) is 9.67 Å². The minimum absolute atomic E-state index is 0.0551. The van der Waals surface area contributed by atoms with Crippen LogP contribution in [-0.4, -0.2) is 50.6 Å². The first-order valence-corrected chi connectivity index (χ1v) is 10.8. The van der Waals surface area contributed by atoms with Crippen LogP contribution in [0, 0.1) is 0 Å². The van der Waals surface area contributed by atoms with E-state index in [4.69, 9.17) is 0 Å². The van der Waals surface area contributed by atoms with Crippen molar-refractivity contribution in [2.24, 2.45) is 0 Å². The highest BCUT2D eigenvalue weighted by atomic mass is 16.2. The summed E-state index contributed by atoms with van der Waals surface area (Å²) in [6, 6.07) is 17.1. The Morgan fingerprint density at radius 3 is 2.68 bits per heavy atom. The highest BCUT2D eigenvalue weighted by Crippen LogP contribution is 2.22. The average Bonchev–Trinajstić information content (AvgIpc) is 3.32. The molecular weight excluding hydrogens is 390 g/mol. The summed E-state index contributed by atoms with van der Waals surface area (Å²) in [7, 11) is 0. The Kier molecular flexibility index (Phi) is 6.72. The lowest BCUT2D eigenvalue weighted by atomic mass is 9.97. The minimum Gasteiger partial charge on any atom is -0.352 e. The summed E-state index contributed by atoms with van der Waals surface area (Å²) < 4.78 is 1.74. The zero-order chi connectivity index (χ0) is 21.5. The third-order valence-corrected chi connectivity index (χ3v) is 5.67. The van der Waals surface area contributed by atoms with Crippen molar-refractivity contribution in [3.63, 3.8) is 0 Å². The van der Waals surface area contributed by atoms with Gasteiger partial charge < -0.3 is 10.2 Å². The van der Waals surface area contributed by atoms with Crippen LogP contribution in [0.25, 0.3) is 0 Å². The Balaban J connectivity index is 1.37. The number of carbonyl (C=O) groups excluding carboxylic acids is 2. The molecule has 0 saturated carbocycles. The number of benzene rings is 2. The molecule has 1 aliphatic rings. The third kappa shape index (κ3) is 5.36.